The first-order chi connectivity index (χ1) is 16.0. The Hall–Kier alpha value is -3.05. The maximum atomic E-state index is 13.3. The molecule has 0 bridgehead atoms. The van der Waals surface area contributed by atoms with Crippen molar-refractivity contribution < 1.29 is 27.2 Å². The van der Waals surface area contributed by atoms with Crippen molar-refractivity contribution in [3.63, 3.8) is 0 Å². The van der Waals surface area contributed by atoms with Crippen molar-refractivity contribution in [2.45, 2.75) is 63.7 Å². The molecule has 2 atom stereocenters. The van der Waals surface area contributed by atoms with Crippen molar-refractivity contribution in [2.24, 2.45) is 5.41 Å². The van der Waals surface area contributed by atoms with Gasteiger partial charge in [0.05, 0.1) is 6.26 Å². The maximum absolute atomic E-state index is 13.3. The minimum absolute atomic E-state index is 0.0385. The molecule has 34 heavy (non-hydrogen) atoms. The van der Waals surface area contributed by atoms with Crippen molar-refractivity contribution in [1.29, 1.82) is 0 Å². The fourth-order valence-electron chi connectivity index (χ4n) is 3.72. The summed E-state index contributed by atoms with van der Waals surface area (Å²) in [5.41, 5.74) is -0.356. The van der Waals surface area contributed by atoms with E-state index in [-0.39, 0.29) is 35.6 Å². The molecule has 1 fully saturated rings. The van der Waals surface area contributed by atoms with E-state index < -0.39 is 39.8 Å². The van der Waals surface area contributed by atoms with Crippen LogP contribution in [0.15, 0.2) is 52.2 Å². The van der Waals surface area contributed by atoms with Gasteiger partial charge in [0.25, 0.3) is 15.9 Å². The Morgan fingerprint density at radius 3 is 2.59 bits per heavy atom. The first-order valence-electron chi connectivity index (χ1n) is 11.1. The van der Waals surface area contributed by atoms with Gasteiger partial charge < -0.3 is 15.1 Å². The number of furan rings is 1. The van der Waals surface area contributed by atoms with Crippen LogP contribution in [-0.4, -0.2) is 54.1 Å². The molecule has 0 spiro atoms. The van der Waals surface area contributed by atoms with Crippen LogP contribution in [0.4, 0.5) is 0 Å². The van der Waals surface area contributed by atoms with E-state index in [1.165, 1.54) is 30.7 Å². The molecular weight excluding hydrogens is 460 g/mol. The fourth-order valence-corrected chi connectivity index (χ4v) is 5.22. The molecule has 2 amide bonds. The van der Waals surface area contributed by atoms with Crippen molar-refractivity contribution in [3.8, 4) is 0 Å². The standard InChI is InChI=1S/C23H30N4O6S/c1-23(2,3)15-16(25-22(30)18-10-8-14-33-18)21(29)26-20-17(28)9-5-7-13-27(20)34(31,32)19-11-4-6-12-24-19/h4,6,8,10-12,14,16,20H,5,7,9,13,15H2,1-3H3,(H,25,30)(H,26,29)/t16-,20-/m0/s1. The Morgan fingerprint density at radius 2 is 1.97 bits per heavy atom. The third-order valence-electron chi connectivity index (χ3n) is 5.32. The second-order valence-corrected chi connectivity index (χ2v) is 11.2. The Labute approximate surface area is 199 Å². The number of carbonyl (C=O) groups excluding carboxylic acids is 3. The van der Waals surface area contributed by atoms with Crippen LogP contribution < -0.4 is 10.6 Å². The molecule has 184 valence electrons. The molecule has 2 aromatic rings. The first kappa shape index (κ1) is 25.6. The first-order valence-corrected chi connectivity index (χ1v) is 12.5. The van der Waals surface area contributed by atoms with Crippen molar-refractivity contribution >= 4 is 27.6 Å². The summed E-state index contributed by atoms with van der Waals surface area (Å²) in [5, 5.41) is 5.03. The lowest BCUT2D eigenvalue weighted by Crippen LogP contribution is -2.59. The number of aromatic nitrogens is 1. The topological polar surface area (TPSA) is 139 Å². The predicted octanol–water partition coefficient (Wildman–Crippen LogP) is 2.10. The van der Waals surface area contributed by atoms with E-state index in [2.05, 4.69) is 15.6 Å². The number of hydrogen-bond donors (Lipinski definition) is 2. The minimum Gasteiger partial charge on any atom is -0.459 e. The molecule has 0 radical (unpaired) electrons. The van der Waals surface area contributed by atoms with Gasteiger partial charge in [-0.1, -0.05) is 26.8 Å². The summed E-state index contributed by atoms with van der Waals surface area (Å²) < 4.78 is 32.7. The molecule has 2 N–H and O–H groups in total. The van der Waals surface area contributed by atoms with Crippen LogP contribution in [0.3, 0.4) is 0 Å². The number of hydrogen-bond acceptors (Lipinski definition) is 7. The highest BCUT2D eigenvalue weighted by atomic mass is 32.2. The second-order valence-electron chi connectivity index (χ2n) is 9.39. The number of amides is 2. The molecule has 0 saturated carbocycles. The average molecular weight is 491 g/mol. The van der Waals surface area contributed by atoms with Gasteiger partial charge in [0.1, 0.15) is 6.04 Å². The Kier molecular flexibility index (Phi) is 7.88. The number of Topliss-reactive ketones (excluding diaryl/α,β-unsaturated/α-hetero) is 1. The number of sulfonamides is 1. The zero-order chi connectivity index (χ0) is 24.9. The molecular formula is C23H30N4O6S. The third kappa shape index (κ3) is 6.29. The van der Waals surface area contributed by atoms with E-state index in [1.807, 2.05) is 20.8 Å². The molecule has 3 rings (SSSR count). The van der Waals surface area contributed by atoms with Gasteiger partial charge >= 0.3 is 0 Å². The van der Waals surface area contributed by atoms with E-state index in [9.17, 15) is 22.8 Å². The Morgan fingerprint density at radius 1 is 1.21 bits per heavy atom. The monoisotopic (exact) mass is 490 g/mol. The molecule has 0 unspecified atom stereocenters. The second kappa shape index (κ2) is 10.5. The zero-order valence-corrected chi connectivity index (χ0v) is 20.3. The lowest BCUT2D eigenvalue weighted by Gasteiger charge is -2.31. The number of carbonyl (C=O) groups is 3. The van der Waals surface area contributed by atoms with E-state index in [0.717, 1.165) is 4.31 Å². The van der Waals surface area contributed by atoms with Gasteiger partial charge in [0, 0.05) is 19.2 Å². The summed E-state index contributed by atoms with van der Waals surface area (Å²) >= 11 is 0. The van der Waals surface area contributed by atoms with Gasteiger partial charge in [-0.2, -0.15) is 4.31 Å². The summed E-state index contributed by atoms with van der Waals surface area (Å²) in [7, 11) is -4.15. The Balaban J connectivity index is 1.88. The number of nitrogens with zero attached hydrogens (tertiary/aromatic N) is 2. The average Bonchev–Trinajstić information content (AvgIpc) is 3.25. The fraction of sp³-hybridized carbons (Fsp3) is 0.478. The normalized spacial score (nSPS) is 18.7. The highest BCUT2D eigenvalue weighted by Crippen LogP contribution is 2.24. The van der Waals surface area contributed by atoms with E-state index in [1.54, 1.807) is 12.1 Å². The number of pyridine rings is 1. The van der Waals surface area contributed by atoms with E-state index in [4.69, 9.17) is 4.42 Å². The minimum atomic E-state index is -4.15. The van der Waals surface area contributed by atoms with Gasteiger partial charge in [-0.05, 0) is 48.9 Å². The highest BCUT2D eigenvalue weighted by Gasteiger charge is 2.40. The van der Waals surface area contributed by atoms with Crippen LogP contribution in [0, 0.1) is 5.41 Å². The number of rotatable bonds is 7. The molecule has 3 heterocycles. The lowest BCUT2D eigenvalue weighted by molar-refractivity contribution is -0.131. The SMILES string of the molecule is CC(C)(C)C[C@H](NC(=O)c1ccco1)C(=O)N[C@@H]1C(=O)CCCCN1S(=O)(=O)c1ccccn1. The molecule has 0 aromatic carbocycles. The van der Waals surface area contributed by atoms with Crippen LogP contribution in [0.1, 0.15) is 57.0 Å². The van der Waals surface area contributed by atoms with Crippen molar-refractivity contribution in [1.82, 2.24) is 19.9 Å². The highest BCUT2D eigenvalue weighted by molar-refractivity contribution is 7.89. The summed E-state index contributed by atoms with van der Waals surface area (Å²) in [5.74, 6) is -1.62. The van der Waals surface area contributed by atoms with E-state index >= 15 is 0 Å². The van der Waals surface area contributed by atoms with Gasteiger partial charge in [-0.25, -0.2) is 13.4 Å². The number of nitrogens with one attached hydrogen (secondary N) is 2. The summed E-state index contributed by atoms with van der Waals surface area (Å²) in [6, 6.07) is 6.47. The Bertz CT molecular complexity index is 1110. The van der Waals surface area contributed by atoms with Crippen LogP contribution in [-0.2, 0) is 19.6 Å². The lowest BCUT2D eigenvalue weighted by atomic mass is 9.87. The largest absolute Gasteiger partial charge is 0.459 e. The molecule has 11 heteroatoms. The molecule has 10 nitrogen and oxygen atoms in total. The van der Waals surface area contributed by atoms with Gasteiger partial charge in [-0.15, -0.1) is 0 Å². The molecule has 2 aromatic heterocycles. The summed E-state index contributed by atoms with van der Waals surface area (Å²) in [6.45, 7) is 5.77. The molecule has 1 aliphatic heterocycles. The van der Waals surface area contributed by atoms with Gasteiger partial charge in [0.15, 0.2) is 22.7 Å². The maximum Gasteiger partial charge on any atom is 0.287 e. The van der Waals surface area contributed by atoms with Gasteiger partial charge in [-0.3, -0.25) is 14.4 Å². The molecule has 1 saturated heterocycles. The molecule has 0 aliphatic carbocycles. The van der Waals surface area contributed by atoms with Crippen LogP contribution in [0.2, 0.25) is 0 Å². The summed E-state index contributed by atoms with van der Waals surface area (Å²) in [6.07, 6.45) is 2.64. The summed E-state index contributed by atoms with van der Waals surface area (Å²) in [4.78, 5) is 42.7. The quantitative estimate of drug-likeness (QED) is 0.606. The third-order valence-corrected chi connectivity index (χ3v) is 7.10. The van der Waals surface area contributed by atoms with Gasteiger partial charge in [0.2, 0.25) is 5.91 Å². The number of ketones is 1. The van der Waals surface area contributed by atoms with Crippen LogP contribution in [0.25, 0.3) is 0 Å². The van der Waals surface area contributed by atoms with Crippen LogP contribution in [0.5, 0.6) is 0 Å². The van der Waals surface area contributed by atoms with Crippen LogP contribution >= 0.6 is 0 Å². The zero-order valence-electron chi connectivity index (χ0n) is 19.5. The van der Waals surface area contributed by atoms with E-state index in [0.29, 0.717) is 12.8 Å². The van der Waals surface area contributed by atoms with Crippen molar-refractivity contribution in [2.75, 3.05) is 6.54 Å². The molecule has 1 aliphatic rings. The predicted molar refractivity (Wildman–Crippen MR) is 123 cm³/mol. The van der Waals surface area contributed by atoms with Crippen molar-refractivity contribution in [3.05, 3.63) is 48.6 Å². The smallest absolute Gasteiger partial charge is 0.287 e.